The first-order chi connectivity index (χ1) is 14.1. The van der Waals surface area contributed by atoms with Crippen molar-refractivity contribution in [2.24, 2.45) is 12.5 Å². The van der Waals surface area contributed by atoms with Crippen LogP contribution in [0.1, 0.15) is 30.1 Å². The van der Waals surface area contributed by atoms with Crippen molar-refractivity contribution in [1.82, 2.24) is 24.3 Å². The van der Waals surface area contributed by atoms with Gasteiger partial charge in [-0.05, 0) is 49.9 Å². The lowest BCUT2D eigenvalue weighted by Gasteiger charge is -2.49. The van der Waals surface area contributed by atoms with Crippen molar-refractivity contribution in [2.45, 2.75) is 38.5 Å². The summed E-state index contributed by atoms with van der Waals surface area (Å²) < 4.78 is 3.35. The van der Waals surface area contributed by atoms with Crippen LogP contribution in [0.4, 0.5) is 0 Å². The predicted octanol–water partition coefficient (Wildman–Crippen LogP) is 2.88. The van der Waals surface area contributed by atoms with E-state index in [4.69, 9.17) is 4.98 Å². The molecule has 0 amide bonds. The van der Waals surface area contributed by atoms with Crippen LogP contribution in [0.3, 0.4) is 0 Å². The van der Waals surface area contributed by atoms with Gasteiger partial charge in [-0.2, -0.15) is 0 Å². The van der Waals surface area contributed by atoms with Crippen molar-refractivity contribution < 1.29 is 5.11 Å². The lowest BCUT2D eigenvalue weighted by molar-refractivity contribution is -0.0450. The number of rotatable bonds is 4. The number of aromatic nitrogens is 3. The number of hydrogen-bond acceptors (Lipinski definition) is 6. The molecule has 0 bridgehead atoms. The number of fused-ring (bicyclic) bond motifs is 1. The Morgan fingerprint density at radius 2 is 2.00 bits per heavy atom. The second kappa shape index (κ2) is 7.80. The Morgan fingerprint density at radius 1 is 1.17 bits per heavy atom. The van der Waals surface area contributed by atoms with Crippen LogP contribution >= 0.6 is 11.3 Å². The summed E-state index contributed by atoms with van der Waals surface area (Å²) in [6.45, 7) is 5.74. The van der Waals surface area contributed by atoms with E-state index in [0.29, 0.717) is 0 Å². The van der Waals surface area contributed by atoms with Gasteiger partial charge in [-0.15, -0.1) is 11.3 Å². The first-order valence-electron chi connectivity index (χ1n) is 10.5. The Balaban J connectivity index is 1.23. The molecule has 1 atom stereocenters. The van der Waals surface area contributed by atoms with Gasteiger partial charge in [-0.1, -0.05) is 12.1 Å². The second-order valence-corrected chi connectivity index (χ2v) is 9.95. The van der Waals surface area contributed by atoms with Crippen LogP contribution in [0.15, 0.2) is 36.7 Å². The number of β-amino-alcohol motifs (C(OH)–C–C–N with tert-alkyl or cyclic N) is 1. The van der Waals surface area contributed by atoms with Gasteiger partial charge >= 0.3 is 0 Å². The number of aliphatic hydroxyl groups excluding tert-OH is 1. The molecule has 2 fully saturated rings. The van der Waals surface area contributed by atoms with E-state index in [1.807, 2.05) is 18.5 Å². The predicted molar refractivity (Wildman–Crippen MR) is 116 cm³/mol. The van der Waals surface area contributed by atoms with Gasteiger partial charge < -0.3 is 9.67 Å². The SMILES string of the molecule is Cn1ccnc1CN1CCC2(CC1)CC(O)CN(Cc1nc3ccccc3s1)C2. The highest BCUT2D eigenvalue weighted by Crippen LogP contribution is 2.40. The van der Waals surface area contributed by atoms with Crippen molar-refractivity contribution in [3.63, 3.8) is 0 Å². The first kappa shape index (κ1) is 19.2. The maximum Gasteiger partial charge on any atom is 0.122 e. The van der Waals surface area contributed by atoms with Gasteiger partial charge in [0.05, 0.1) is 29.4 Å². The van der Waals surface area contributed by atoms with Gasteiger partial charge in [0, 0.05) is 32.5 Å². The molecule has 2 aliphatic heterocycles. The minimum atomic E-state index is -0.237. The van der Waals surface area contributed by atoms with Gasteiger partial charge in [0.25, 0.3) is 0 Å². The quantitative estimate of drug-likeness (QED) is 0.715. The van der Waals surface area contributed by atoms with Crippen molar-refractivity contribution in [3.8, 4) is 0 Å². The van der Waals surface area contributed by atoms with Crippen molar-refractivity contribution in [3.05, 3.63) is 47.5 Å². The van der Waals surface area contributed by atoms with Crippen LogP contribution in [0, 0.1) is 5.41 Å². The molecule has 1 N–H and O–H groups in total. The number of nitrogens with zero attached hydrogens (tertiary/aromatic N) is 5. The molecule has 1 unspecified atom stereocenters. The zero-order valence-electron chi connectivity index (χ0n) is 17.0. The average molecular weight is 412 g/mol. The molecule has 29 heavy (non-hydrogen) atoms. The lowest BCUT2D eigenvalue weighted by atomic mass is 9.71. The van der Waals surface area contributed by atoms with E-state index < -0.39 is 0 Å². The highest BCUT2D eigenvalue weighted by Gasteiger charge is 2.41. The van der Waals surface area contributed by atoms with E-state index in [9.17, 15) is 5.11 Å². The zero-order chi connectivity index (χ0) is 19.8. The Bertz CT molecular complexity index is 941. The lowest BCUT2D eigenvalue weighted by Crippen LogP contribution is -2.53. The van der Waals surface area contributed by atoms with Gasteiger partial charge in [0.2, 0.25) is 0 Å². The summed E-state index contributed by atoms with van der Waals surface area (Å²) in [7, 11) is 2.06. The molecule has 1 aromatic carbocycles. The van der Waals surface area contributed by atoms with Crippen LogP contribution < -0.4 is 0 Å². The molecular weight excluding hydrogens is 382 g/mol. The fourth-order valence-corrected chi connectivity index (χ4v) is 6.07. The summed E-state index contributed by atoms with van der Waals surface area (Å²) in [5.74, 6) is 1.13. The summed E-state index contributed by atoms with van der Waals surface area (Å²) in [4.78, 5) is 14.2. The number of benzene rings is 1. The van der Waals surface area contributed by atoms with E-state index in [1.165, 1.54) is 4.70 Å². The van der Waals surface area contributed by atoms with E-state index in [-0.39, 0.29) is 11.5 Å². The normalized spacial score (nSPS) is 23.2. The monoisotopic (exact) mass is 411 g/mol. The molecule has 6 nitrogen and oxygen atoms in total. The summed E-state index contributed by atoms with van der Waals surface area (Å²) >= 11 is 1.78. The van der Waals surface area contributed by atoms with E-state index in [1.54, 1.807) is 11.3 Å². The Kier molecular flexibility index (Phi) is 5.16. The molecule has 7 heteroatoms. The molecule has 2 saturated heterocycles. The number of aliphatic hydroxyl groups is 1. The van der Waals surface area contributed by atoms with Gasteiger partial charge in [0.1, 0.15) is 10.8 Å². The van der Waals surface area contributed by atoms with Crippen molar-refractivity contribution in [1.29, 1.82) is 0 Å². The fourth-order valence-electron chi connectivity index (χ4n) is 5.06. The average Bonchev–Trinajstić information content (AvgIpc) is 3.28. The van der Waals surface area contributed by atoms with Crippen LogP contribution in [0.2, 0.25) is 0 Å². The summed E-state index contributed by atoms with van der Waals surface area (Å²) in [5.41, 5.74) is 1.31. The molecule has 5 rings (SSSR count). The smallest absolute Gasteiger partial charge is 0.122 e. The molecule has 4 heterocycles. The number of hydrogen-bond donors (Lipinski definition) is 1. The molecule has 2 aliphatic rings. The number of likely N-dealkylation sites (tertiary alicyclic amines) is 2. The molecular formula is C22H29N5OS. The van der Waals surface area contributed by atoms with Gasteiger partial charge in [0.15, 0.2) is 0 Å². The van der Waals surface area contributed by atoms with Crippen LogP contribution in [-0.2, 0) is 20.1 Å². The van der Waals surface area contributed by atoms with Gasteiger partial charge in [-0.3, -0.25) is 9.80 Å². The van der Waals surface area contributed by atoms with E-state index in [2.05, 4.69) is 44.6 Å². The van der Waals surface area contributed by atoms with Gasteiger partial charge in [-0.25, -0.2) is 9.97 Å². The molecule has 2 aromatic heterocycles. The van der Waals surface area contributed by atoms with Crippen LogP contribution in [0.5, 0.6) is 0 Å². The number of para-hydroxylation sites is 1. The number of piperidine rings is 2. The molecule has 0 radical (unpaired) electrons. The maximum absolute atomic E-state index is 10.6. The first-order valence-corrected chi connectivity index (χ1v) is 11.3. The molecule has 0 saturated carbocycles. The fraction of sp³-hybridized carbons (Fsp3) is 0.545. The number of thiazole rings is 1. The summed E-state index contributed by atoms with van der Waals surface area (Å²) in [5, 5.41) is 11.8. The zero-order valence-corrected chi connectivity index (χ0v) is 17.8. The highest BCUT2D eigenvalue weighted by molar-refractivity contribution is 7.18. The number of imidazole rings is 1. The minimum absolute atomic E-state index is 0.229. The maximum atomic E-state index is 10.6. The third-order valence-corrected chi connectivity index (χ3v) is 7.62. The summed E-state index contributed by atoms with van der Waals surface area (Å²) in [6, 6.07) is 8.34. The third-order valence-electron chi connectivity index (χ3n) is 6.60. The number of aryl methyl sites for hydroxylation is 1. The van der Waals surface area contributed by atoms with Crippen LogP contribution in [-0.4, -0.2) is 61.7 Å². The Hall–Kier alpha value is -1.80. The third kappa shape index (κ3) is 4.10. The largest absolute Gasteiger partial charge is 0.392 e. The molecule has 1 spiro atoms. The molecule has 154 valence electrons. The minimum Gasteiger partial charge on any atom is -0.392 e. The second-order valence-electron chi connectivity index (χ2n) is 8.83. The van der Waals surface area contributed by atoms with E-state index >= 15 is 0 Å². The summed E-state index contributed by atoms with van der Waals surface area (Å²) in [6.07, 6.45) is 6.87. The standard InChI is InChI=1S/C22H29N5OS/c1-25-11-8-23-20(25)14-26-9-6-22(7-10-26)12-17(28)13-27(16-22)15-21-24-18-4-2-3-5-19(18)29-21/h2-5,8,11,17,28H,6-7,9-10,12-16H2,1H3. The Morgan fingerprint density at radius 3 is 2.76 bits per heavy atom. The van der Waals surface area contributed by atoms with Crippen molar-refractivity contribution in [2.75, 3.05) is 26.2 Å². The Labute approximate surface area is 175 Å². The highest BCUT2D eigenvalue weighted by atomic mass is 32.1. The van der Waals surface area contributed by atoms with Crippen molar-refractivity contribution >= 4 is 21.6 Å². The topological polar surface area (TPSA) is 57.4 Å². The van der Waals surface area contributed by atoms with Crippen LogP contribution in [0.25, 0.3) is 10.2 Å². The molecule has 3 aromatic rings. The van der Waals surface area contributed by atoms with E-state index in [0.717, 1.165) is 74.9 Å². The molecule has 0 aliphatic carbocycles.